The quantitative estimate of drug-likeness (QED) is 0.441. The Morgan fingerprint density at radius 2 is 2.44 bits per heavy atom. The number of carboxylic acid groups (broad SMARTS) is 1. The van der Waals surface area contributed by atoms with Gasteiger partial charge in [0.05, 0.1) is 0 Å². The first kappa shape index (κ1) is 7.70. The van der Waals surface area contributed by atoms with E-state index < -0.39 is 5.97 Å². The molecule has 0 fully saturated rings. The summed E-state index contributed by atoms with van der Waals surface area (Å²) in [5.74, 6) is -1.15. The van der Waals surface area contributed by atoms with E-state index in [9.17, 15) is 4.79 Å². The highest BCUT2D eigenvalue weighted by Crippen LogP contribution is 1.93. The van der Waals surface area contributed by atoms with Gasteiger partial charge in [-0.1, -0.05) is 13.0 Å². The molecule has 3 heteroatoms. The van der Waals surface area contributed by atoms with Crippen LogP contribution < -0.4 is 0 Å². The first-order chi connectivity index (χ1) is 4.22. The summed E-state index contributed by atoms with van der Waals surface area (Å²) in [5.41, 5.74) is -0.183. The fourth-order valence-corrected chi connectivity index (χ4v) is 0.385. The lowest BCUT2D eigenvalue weighted by molar-refractivity contribution is -0.132. The molecule has 0 unspecified atom stereocenters. The number of nitrogens with zero attached hydrogens (tertiary/aromatic N) is 1. The van der Waals surface area contributed by atoms with Crippen LogP contribution in [-0.2, 0) is 4.79 Å². The average molecular weight is 125 g/mol. The van der Waals surface area contributed by atoms with Gasteiger partial charge in [0.25, 0.3) is 0 Å². The molecule has 0 amide bonds. The Balaban J connectivity index is 4.20. The highest BCUT2D eigenvalue weighted by molar-refractivity contribution is 5.90. The molecule has 0 aliphatic carbocycles. The van der Waals surface area contributed by atoms with Crippen LogP contribution in [0, 0.1) is 11.3 Å². The van der Waals surface area contributed by atoms with Crippen molar-refractivity contribution >= 4 is 5.97 Å². The lowest BCUT2D eigenvalue weighted by atomic mass is 10.2. The normalized spacial score (nSPS) is 10.4. The third-order valence-corrected chi connectivity index (χ3v) is 0.759. The number of hydrogen-bond donors (Lipinski definition) is 1. The molecule has 0 aliphatic rings. The van der Waals surface area contributed by atoms with E-state index in [0.717, 1.165) is 0 Å². The molecule has 0 aromatic rings. The highest BCUT2D eigenvalue weighted by atomic mass is 16.4. The van der Waals surface area contributed by atoms with Crippen LogP contribution in [0.5, 0.6) is 0 Å². The summed E-state index contributed by atoms with van der Waals surface area (Å²) in [5, 5.41) is 16.3. The molecule has 0 atom stereocenters. The molecule has 3 nitrogen and oxygen atoms in total. The third kappa shape index (κ3) is 2.50. The fourth-order valence-electron chi connectivity index (χ4n) is 0.385. The lowest BCUT2D eigenvalue weighted by Gasteiger charge is -1.84. The van der Waals surface area contributed by atoms with E-state index in [0.29, 0.717) is 6.42 Å². The number of nitriles is 1. The minimum atomic E-state index is -1.15. The van der Waals surface area contributed by atoms with Gasteiger partial charge < -0.3 is 5.11 Å². The topological polar surface area (TPSA) is 61.1 Å². The maximum absolute atomic E-state index is 10.0. The number of aliphatic carboxylic acids is 1. The molecule has 48 valence electrons. The second-order valence-electron chi connectivity index (χ2n) is 1.44. The van der Waals surface area contributed by atoms with Crippen LogP contribution in [0.3, 0.4) is 0 Å². The molecule has 0 aromatic heterocycles. The molecule has 0 saturated heterocycles. The Hall–Kier alpha value is -1.30. The first-order valence-corrected chi connectivity index (χ1v) is 2.56. The monoisotopic (exact) mass is 125 g/mol. The summed E-state index contributed by atoms with van der Waals surface area (Å²) in [7, 11) is 0. The zero-order valence-corrected chi connectivity index (χ0v) is 5.09. The van der Waals surface area contributed by atoms with Gasteiger partial charge in [0, 0.05) is 0 Å². The van der Waals surface area contributed by atoms with E-state index >= 15 is 0 Å². The van der Waals surface area contributed by atoms with Gasteiger partial charge in [-0.15, -0.1) is 0 Å². The van der Waals surface area contributed by atoms with Crippen LogP contribution >= 0.6 is 0 Å². The standard InChI is InChI=1S/C6H7NO2/c1-2-3-5(4-7)6(8)9/h3H,2H2,1H3,(H,8,9)/b5-3-. The second-order valence-corrected chi connectivity index (χ2v) is 1.44. The van der Waals surface area contributed by atoms with Gasteiger partial charge >= 0.3 is 5.97 Å². The van der Waals surface area contributed by atoms with Crippen molar-refractivity contribution in [2.75, 3.05) is 0 Å². The highest BCUT2D eigenvalue weighted by Gasteiger charge is 2.01. The smallest absolute Gasteiger partial charge is 0.346 e. The number of carboxylic acids is 1. The van der Waals surface area contributed by atoms with Gasteiger partial charge in [0.15, 0.2) is 0 Å². The van der Waals surface area contributed by atoms with Crippen molar-refractivity contribution in [3.8, 4) is 6.07 Å². The largest absolute Gasteiger partial charge is 0.477 e. The minimum absolute atomic E-state index is 0.183. The molecule has 0 spiro atoms. The summed E-state index contributed by atoms with van der Waals surface area (Å²) in [6, 6.07) is 1.56. The van der Waals surface area contributed by atoms with E-state index in [2.05, 4.69) is 0 Å². The van der Waals surface area contributed by atoms with Crippen molar-refractivity contribution in [3.05, 3.63) is 11.6 Å². The van der Waals surface area contributed by atoms with Gasteiger partial charge in [-0.2, -0.15) is 5.26 Å². The summed E-state index contributed by atoms with van der Waals surface area (Å²) in [6.45, 7) is 1.78. The number of hydrogen-bond acceptors (Lipinski definition) is 2. The fraction of sp³-hybridized carbons (Fsp3) is 0.333. The van der Waals surface area contributed by atoms with E-state index in [4.69, 9.17) is 10.4 Å². The molecule has 0 aromatic carbocycles. The van der Waals surface area contributed by atoms with Crippen LogP contribution in [0.15, 0.2) is 11.6 Å². The van der Waals surface area contributed by atoms with Crippen LogP contribution in [0.2, 0.25) is 0 Å². The Kier molecular flexibility index (Phi) is 3.14. The predicted molar refractivity (Wildman–Crippen MR) is 31.6 cm³/mol. The van der Waals surface area contributed by atoms with Crippen molar-refractivity contribution in [2.45, 2.75) is 13.3 Å². The molecule has 0 saturated carbocycles. The van der Waals surface area contributed by atoms with Crippen LogP contribution in [0.1, 0.15) is 13.3 Å². The van der Waals surface area contributed by atoms with E-state index in [1.807, 2.05) is 0 Å². The van der Waals surface area contributed by atoms with Crippen LogP contribution in [-0.4, -0.2) is 11.1 Å². The molecular weight excluding hydrogens is 118 g/mol. The van der Waals surface area contributed by atoms with Crippen molar-refractivity contribution in [3.63, 3.8) is 0 Å². The molecule has 0 bridgehead atoms. The summed E-state index contributed by atoms with van der Waals surface area (Å²) in [4.78, 5) is 10.0. The molecule has 0 aliphatic heterocycles. The van der Waals surface area contributed by atoms with Gasteiger partial charge in [0.2, 0.25) is 0 Å². The lowest BCUT2D eigenvalue weighted by Crippen LogP contribution is -1.96. The maximum atomic E-state index is 10.0. The Labute approximate surface area is 53.2 Å². The average Bonchev–Trinajstić information content (AvgIpc) is 1.82. The van der Waals surface area contributed by atoms with Gasteiger partial charge in [-0.05, 0) is 6.42 Å². The molecule has 0 heterocycles. The first-order valence-electron chi connectivity index (χ1n) is 2.56. The van der Waals surface area contributed by atoms with Crippen molar-refractivity contribution in [1.29, 1.82) is 5.26 Å². The number of rotatable bonds is 2. The molecule has 0 rings (SSSR count). The van der Waals surface area contributed by atoms with E-state index in [-0.39, 0.29) is 5.57 Å². The predicted octanol–water partition coefficient (Wildman–Crippen LogP) is 0.931. The zero-order valence-electron chi connectivity index (χ0n) is 5.09. The summed E-state index contributed by atoms with van der Waals surface area (Å²) in [6.07, 6.45) is 1.96. The van der Waals surface area contributed by atoms with E-state index in [1.165, 1.54) is 6.08 Å². The maximum Gasteiger partial charge on any atom is 0.346 e. The van der Waals surface area contributed by atoms with Gasteiger partial charge in [-0.3, -0.25) is 0 Å². The summed E-state index contributed by atoms with van der Waals surface area (Å²) >= 11 is 0. The number of allylic oxidation sites excluding steroid dienone is 1. The Morgan fingerprint density at radius 3 is 2.56 bits per heavy atom. The molecule has 1 N–H and O–H groups in total. The Bertz CT molecular complexity index is 176. The molecule has 9 heavy (non-hydrogen) atoms. The van der Waals surface area contributed by atoms with Gasteiger partial charge in [0.1, 0.15) is 11.6 Å². The SMILES string of the molecule is CC/C=C(/C#N)C(=O)O. The minimum Gasteiger partial charge on any atom is -0.477 e. The number of carbonyl (C=O) groups is 1. The van der Waals surface area contributed by atoms with Crippen LogP contribution in [0.4, 0.5) is 0 Å². The molecular formula is C6H7NO2. The van der Waals surface area contributed by atoms with Crippen molar-refractivity contribution in [1.82, 2.24) is 0 Å². The van der Waals surface area contributed by atoms with Gasteiger partial charge in [-0.25, -0.2) is 4.79 Å². The third-order valence-electron chi connectivity index (χ3n) is 0.759. The van der Waals surface area contributed by atoms with Crippen molar-refractivity contribution < 1.29 is 9.90 Å². The van der Waals surface area contributed by atoms with Crippen molar-refractivity contribution in [2.24, 2.45) is 0 Å². The van der Waals surface area contributed by atoms with Crippen LogP contribution in [0.25, 0.3) is 0 Å². The molecule has 0 radical (unpaired) electrons. The Morgan fingerprint density at radius 1 is 1.89 bits per heavy atom. The zero-order chi connectivity index (χ0) is 7.28. The summed E-state index contributed by atoms with van der Waals surface area (Å²) < 4.78 is 0. The van der Waals surface area contributed by atoms with E-state index in [1.54, 1.807) is 13.0 Å². The second kappa shape index (κ2) is 3.67.